The van der Waals surface area contributed by atoms with Gasteiger partial charge in [-0.15, -0.1) is 0 Å². The highest BCUT2D eigenvalue weighted by Gasteiger charge is 2.33. The van der Waals surface area contributed by atoms with Crippen LogP contribution in [0, 0.1) is 13.8 Å². The van der Waals surface area contributed by atoms with Crippen molar-refractivity contribution in [1.29, 1.82) is 0 Å². The van der Waals surface area contributed by atoms with Crippen LogP contribution in [-0.4, -0.2) is 34.2 Å². The third-order valence-corrected chi connectivity index (χ3v) is 5.41. The highest BCUT2D eigenvalue weighted by atomic mass is 32.2. The molecule has 3 aromatic rings. The van der Waals surface area contributed by atoms with E-state index in [-0.39, 0.29) is 19.1 Å². The second kappa shape index (κ2) is 7.73. The lowest BCUT2D eigenvalue weighted by Crippen LogP contribution is -2.31. The van der Waals surface area contributed by atoms with E-state index in [9.17, 15) is 14.7 Å². The number of hydrogen-bond acceptors (Lipinski definition) is 7. The lowest BCUT2D eigenvalue weighted by molar-refractivity contribution is -0.122. The zero-order chi connectivity index (χ0) is 20.5. The normalized spacial score (nSPS) is 17.2. The van der Waals surface area contributed by atoms with Gasteiger partial charge >= 0.3 is 5.63 Å². The summed E-state index contributed by atoms with van der Waals surface area (Å²) in [5, 5.41) is 10.6. The number of aliphatic hydroxyl groups excluding tert-OH is 1. The summed E-state index contributed by atoms with van der Waals surface area (Å²) >= 11 is 1.20. The first kappa shape index (κ1) is 19.2. The van der Waals surface area contributed by atoms with Gasteiger partial charge in [0, 0.05) is 23.6 Å². The van der Waals surface area contributed by atoms with Crippen molar-refractivity contribution in [2.45, 2.75) is 13.8 Å². The molecule has 0 aliphatic carbocycles. The van der Waals surface area contributed by atoms with Gasteiger partial charge in [0.2, 0.25) is 0 Å². The number of amides is 1. The van der Waals surface area contributed by atoms with E-state index in [0.717, 1.165) is 16.7 Å². The van der Waals surface area contributed by atoms with Gasteiger partial charge in [-0.2, -0.15) is 0 Å². The number of nitrogens with zero attached hydrogens (tertiary/aromatic N) is 2. The number of benzene rings is 1. The van der Waals surface area contributed by atoms with Crippen molar-refractivity contribution in [3.05, 3.63) is 68.8 Å². The highest BCUT2D eigenvalue weighted by Crippen LogP contribution is 2.34. The molecule has 0 spiro atoms. The number of aliphatic hydroxyl groups is 1. The highest BCUT2D eigenvalue weighted by molar-refractivity contribution is 8.18. The summed E-state index contributed by atoms with van der Waals surface area (Å²) in [4.78, 5) is 30.8. The predicted molar refractivity (Wildman–Crippen MR) is 112 cm³/mol. The Balaban J connectivity index is 1.72. The van der Waals surface area contributed by atoms with Crippen molar-refractivity contribution < 1.29 is 18.7 Å². The minimum atomic E-state index is -0.425. The number of amidine groups is 1. The topological polar surface area (TPSA) is 96.3 Å². The standard InChI is InChI=1S/C21H18N2O5S/c1-12-9-19(25)28-17-10-14(4-6-16(12)17)22-21-23(7-8-24)20(26)18(29-21)11-15-5-3-13(2)27-15/h3-6,9-11,24H,7-8H2,1-2H3/b18-11-,22-21?. The molecule has 3 heterocycles. The smallest absolute Gasteiger partial charge is 0.336 e. The van der Waals surface area contributed by atoms with Crippen LogP contribution in [0.1, 0.15) is 17.1 Å². The Bertz CT molecular complexity index is 1220. The zero-order valence-electron chi connectivity index (χ0n) is 15.8. The van der Waals surface area contributed by atoms with E-state index < -0.39 is 5.63 Å². The molecular formula is C21H18N2O5S. The Morgan fingerprint density at radius 1 is 1.14 bits per heavy atom. The SMILES string of the molecule is Cc1ccc(/C=C2\SC(=Nc3ccc4c(C)cc(=O)oc4c3)N(CCO)C2=O)o1. The number of β-amino-alcohol motifs (C(OH)–C–C–N with tert-alkyl or cyclic N) is 1. The molecule has 0 unspecified atom stereocenters. The molecule has 1 saturated heterocycles. The molecule has 4 rings (SSSR count). The van der Waals surface area contributed by atoms with Gasteiger partial charge in [-0.3, -0.25) is 9.69 Å². The Hall–Kier alpha value is -3.10. The van der Waals surface area contributed by atoms with Gasteiger partial charge in [0.25, 0.3) is 5.91 Å². The summed E-state index contributed by atoms with van der Waals surface area (Å²) in [7, 11) is 0. The number of carbonyl (C=O) groups is 1. The number of aliphatic imine (C=N–C) groups is 1. The van der Waals surface area contributed by atoms with E-state index in [2.05, 4.69) is 4.99 Å². The monoisotopic (exact) mass is 410 g/mol. The van der Waals surface area contributed by atoms with Crippen LogP contribution < -0.4 is 5.63 Å². The molecule has 0 radical (unpaired) electrons. The van der Waals surface area contributed by atoms with E-state index in [1.54, 1.807) is 24.3 Å². The first-order valence-electron chi connectivity index (χ1n) is 8.96. The van der Waals surface area contributed by atoms with E-state index >= 15 is 0 Å². The number of rotatable bonds is 4. The van der Waals surface area contributed by atoms with Crippen molar-refractivity contribution in [2.75, 3.05) is 13.2 Å². The Labute approximate surface area is 170 Å². The van der Waals surface area contributed by atoms with Gasteiger partial charge in [-0.1, -0.05) is 0 Å². The number of fused-ring (bicyclic) bond motifs is 1. The van der Waals surface area contributed by atoms with Crippen molar-refractivity contribution in [1.82, 2.24) is 4.90 Å². The third-order valence-electron chi connectivity index (χ3n) is 4.41. The number of carbonyl (C=O) groups excluding carboxylic acids is 1. The molecule has 148 valence electrons. The third kappa shape index (κ3) is 3.90. The van der Waals surface area contributed by atoms with Crippen LogP contribution in [0.15, 0.2) is 59.9 Å². The second-order valence-corrected chi connectivity index (χ2v) is 7.57. The van der Waals surface area contributed by atoms with Crippen LogP contribution in [0.5, 0.6) is 0 Å². The number of hydrogen-bond donors (Lipinski definition) is 1. The Kier molecular flexibility index (Phi) is 5.12. The van der Waals surface area contributed by atoms with E-state index in [1.165, 1.54) is 22.7 Å². The number of aryl methyl sites for hydroxylation is 2. The average Bonchev–Trinajstić information content (AvgIpc) is 3.20. The Morgan fingerprint density at radius 2 is 1.97 bits per heavy atom. The lowest BCUT2D eigenvalue weighted by atomic mass is 10.1. The molecule has 0 bridgehead atoms. The minimum Gasteiger partial charge on any atom is -0.462 e. The largest absolute Gasteiger partial charge is 0.462 e. The fraction of sp³-hybridized carbons (Fsp3) is 0.190. The molecule has 1 fully saturated rings. The van der Waals surface area contributed by atoms with E-state index in [1.807, 2.05) is 26.0 Å². The van der Waals surface area contributed by atoms with Gasteiger partial charge in [-0.25, -0.2) is 9.79 Å². The maximum Gasteiger partial charge on any atom is 0.336 e. The summed E-state index contributed by atoms with van der Waals surface area (Å²) in [6, 6.07) is 10.3. The quantitative estimate of drug-likeness (QED) is 0.521. The molecule has 1 amide bonds. The lowest BCUT2D eigenvalue weighted by Gasteiger charge is -2.13. The van der Waals surface area contributed by atoms with Gasteiger partial charge in [-0.05, 0) is 55.4 Å². The molecule has 1 aliphatic heterocycles. The summed E-state index contributed by atoms with van der Waals surface area (Å²) in [6.45, 7) is 3.61. The fourth-order valence-electron chi connectivity index (χ4n) is 3.04. The van der Waals surface area contributed by atoms with Crippen LogP contribution in [0.4, 0.5) is 5.69 Å². The van der Waals surface area contributed by atoms with Crippen LogP contribution in [0.3, 0.4) is 0 Å². The van der Waals surface area contributed by atoms with Gasteiger partial charge < -0.3 is 13.9 Å². The molecule has 29 heavy (non-hydrogen) atoms. The van der Waals surface area contributed by atoms with E-state index in [4.69, 9.17) is 8.83 Å². The molecule has 1 N–H and O–H groups in total. The van der Waals surface area contributed by atoms with Crippen LogP contribution in [0.2, 0.25) is 0 Å². The first-order valence-corrected chi connectivity index (χ1v) is 9.78. The second-order valence-electron chi connectivity index (χ2n) is 6.56. The fourth-order valence-corrected chi connectivity index (χ4v) is 4.05. The molecule has 1 aromatic carbocycles. The van der Waals surface area contributed by atoms with Gasteiger partial charge in [0.15, 0.2) is 5.17 Å². The molecule has 7 nitrogen and oxygen atoms in total. The number of thioether (sulfide) groups is 1. The average molecular weight is 410 g/mol. The van der Waals surface area contributed by atoms with E-state index in [0.29, 0.717) is 27.1 Å². The predicted octanol–water partition coefficient (Wildman–Crippen LogP) is 3.60. The molecule has 2 aromatic heterocycles. The summed E-state index contributed by atoms with van der Waals surface area (Å²) in [6.07, 6.45) is 1.66. The van der Waals surface area contributed by atoms with Crippen LogP contribution in [-0.2, 0) is 4.79 Å². The molecular weight excluding hydrogens is 392 g/mol. The molecule has 0 saturated carbocycles. The summed E-state index contributed by atoms with van der Waals surface area (Å²) < 4.78 is 10.8. The summed E-state index contributed by atoms with van der Waals surface area (Å²) in [5.74, 6) is 1.08. The van der Waals surface area contributed by atoms with Gasteiger partial charge in [0.05, 0.1) is 23.7 Å². The molecule has 8 heteroatoms. The molecule has 0 atom stereocenters. The summed E-state index contributed by atoms with van der Waals surface area (Å²) in [5.41, 5.74) is 1.37. The van der Waals surface area contributed by atoms with Crippen LogP contribution in [0.25, 0.3) is 17.0 Å². The first-order chi connectivity index (χ1) is 13.9. The Morgan fingerprint density at radius 3 is 2.69 bits per heavy atom. The van der Waals surface area contributed by atoms with Crippen molar-refractivity contribution in [2.24, 2.45) is 4.99 Å². The van der Waals surface area contributed by atoms with Gasteiger partial charge in [0.1, 0.15) is 17.1 Å². The van der Waals surface area contributed by atoms with Crippen molar-refractivity contribution in [3.8, 4) is 0 Å². The van der Waals surface area contributed by atoms with Crippen molar-refractivity contribution in [3.63, 3.8) is 0 Å². The number of furan rings is 1. The zero-order valence-corrected chi connectivity index (χ0v) is 16.7. The molecule has 1 aliphatic rings. The van der Waals surface area contributed by atoms with Crippen LogP contribution >= 0.6 is 11.8 Å². The van der Waals surface area contributed by atoms with Crippen molar-refractivity contribution >= 4 is 45.6 Å². The maximum absolute atomic E-state index is 12.8. The maximum atomic E-state index is 12.8. The minimum absolute atomic E-state index is 0.126.